The summed E-state index contributed by atoms with van der Waals surface area (Å²) in [5.41, 5.74) is 9.19. The lowest BCUT2D eigenvalue weighted by atomic mass is 10.1. The number of rotatable bonds is 6. The lowest BCUT2D eigenvalue weighted by Crippen LogP contribution is -2.44. The topological polar surface area (TPSA) is 82.0 Å². The Morgan fingerprint density at radius 2 is 1.79 bits per heavy atom. The van der Waals surface area contributed by atoms with Gasteiger partial charge < -0.3 is 10.6 Å². The first-order valence-electron chi connectivity index (χ1n) is 11.7. The number of hydrogen-bond acceptors (Lipinski definition) is 5. The number of aromatic nitrogens is 4. The van der Waals surface area contributed by atoms with E-state index in [-0.39, 0.29) is 17.4 Å². The standard InChI is InChI=1S/C26H29FN6O/c1-31-22(14-11-18-9-12-20(27)13-10-18)29-24-23(25(31)34)33(16-19-6-3-2-4-7-19)26(30-24)32-15-5-8-21(28)17-32/h2-4,6-7,9-10,12-13,21H,5,8,11,14-17,28H2,1H3. The minimum absolute atomic E-state index is 0.0841. The zero-order valence-corrected chi connectivity index (χ0v) is 19.3. The SMILES string of the molecule is Cn1c(CCc2ccc(F)cc2)nc2nc(N3CCCC(N)C3)n(Cc3ccccc3)c2c1=O. The second-order valence-corrected chi connectivity index (χ2v) is 9.02. The second kappa shape index (κ2) is 9.38. The fraction of sp³-hybridized carbons (Fsp3) is 0.346. The molecule has 4 aromatic rings. The maximum atomic E-state index is 13.5. The third kappa shape index (κ3) is 4.46. The van der Waals surface area contributed by atoms with Gasteiger partial charge in [0.1, 0.15) is 11.6 Å². The van der Waals surface area contributed by atoms with Gasteiger partial charge in [-0.2, -0.15) is 4.98 Å². The molecule has 1 saturated heterocycles. The van der Waals surface area contributed by atoms with Crippen LogP contribution in [0.5, 0.6) is 0 Å². The van der Waals surface area contributed by atoms with Crippen LogP contribution < -0.4 is 16.2 Å². The summed E-state index contributed by atoms with van der Waals surface area (Å²) in [5, 5.41) is 0. The Morgan fingerprint density at radius 3 is 2.53 bits per heavy atom. The van der Waals surface area contributed by atoms with Gasteiger partial charge in [-0.05, 0) is 42.5 Å². The highest BCUT2D eigenvalue weighted by Crippen LogP contribution is 2.24. The van der Waals surface area contributed by atoms with Crippen molar-refractivity contribution in [2.75, 3.05) is 18.0 Å². The van der Waals surface area contributed by atoms with Gasteiger partial charge in [-0.1, -0.05) is 42.5 Å². The molecule has 0 aliphatic carbocycles. The number of nitrogens with zero attached hydrogens (tertiary/aromatic N) is 5. The van der Waals surface area contributed by atoms with Crippen LogP contribution in [0.2, 0.25) is 0 Å². The van der Waals surface area contributed by atoms with Crippen molar-refractivity contribution < 1.29 is 4.39 Å². The molecule has 5 rings (SSSR count). The minimum Gasteiger partial charge on any atom is -0.341 e. The molecule has 2 aromatic carbocycles. The van der Waals surface area contributed by atoms with Crippen molar-refractivity contribution in [1.29, 1.82) is 0 Å². The predicted octanol–water partition coefficient (Wildman–Crippen LogP) is 3.03. The second-order valence-electron chi connectivity index (χ2n) is 9.02. The van der Waals surface area contributed by atoms with E-state index in [9.17, 15) is 9.18 Å². The van der Waals surface area contributed by atoms with E-state index in [2.05, 4.69) is 4.90 Å². The summed E-state index contributed by atoms with van der Waals surface area (Å²) < 4.78 is 16.8. The molecule has 1 unspecified atom stereocenters. The fourth-order valence-electron chi connectivity index (χ4n) is 4.67. The zero-order chi connectivity index (χ0) is 23.7. The van der Waals surface area contributed by atoms with Gasteiger partial charge in [0.25, 0.3) is 5.56 Å². The van der Waals surface area contributed by atoms with E-state index in [0.717, 1.165) is 36.5 Å². The molecule has 34 heavy (non-hydrogen) atoms. The molecule has 0 amide bonds. The van der Waals surface area contributed by atoms with Crippen LogP contribution in [0, 0.1) is 5.82 Å². The van der Waals surface area contributed by atoms with Crippen LogP contribution in [0.15, 0.2) is 59.4 Å². The molecule has 1 atom stereocenters. The molecule has 0 saturated carbocycles. The summed E-state index contributed by atoms with van der Waals surface area (Å²) in [6.07, 6.45) is 3.19. The molecular weight excluding hydrogens is 431 g/mol. The third-order valence-corrected chi connectivity index (χ3v) is 6.53. The maximum Gasteiger partial charge on any atom is 0.279 e. The van der Waals surface area contributed by atoms with Gasteiger partial charge in [-0.25, -0.2) is 9.37 Å². The molecule has 0 radical (unpaired) electrons. The number of fused-ring (bicyclic) bond motifs is 1. The Bertz CT molecular complexity index is 1350. The van der Waals surface area contributed by atoms with Crippen LogP contribution in [0.1, 0.15) is 29.8 Å². The number of imidazole rings is 1. The van der Waals surface area contributed by atoms with Gasteiger partial charge >= 0.3 is 0 Å². The van der Waals surface area contributed by atoms with Crippen molar-refractivity contribution in [3.63, 3.8) is 0 Å². The Balaban J connectivity index is 1.56. The Kier molecular flexibility index (Phi) is 6.15. The summed E-state index contributed by atoms with van der Waals surface area (Å²) in [6.45, 7) is 2.09. The molecule has 1 fully saturated rings. The number of anilines is 1. The molecular formula is C26H29FN6O. The fourth-order valence-corrected chi connectivity index (χ4v) is 4.67. The normalized spacial score (nSPS) is 16.3. The number of piperidine rings is 1. The highest BCUT2D eigenvalue weighted by molar-refractivity contribution is 5.74. The van der Waals surface area contributed by atoms with E-state index in [1.54, 1.807) is 23.7 Å². The van der Waals surface area contributed by atoms with Crippen LogP contribution in [0.4, 0.5) is 10.3 Å². The van der Waals surface area contributed by atoms with Crippen molar-refractivity contribution in [3.8, 4) is 0 Å². The van der Waals surface area contributed by atoms with Gasteiger partial charge in [0.15, 0.2) is 11.2 Å². The van der Waals surface area contributed by atoms with E-state index in [1.165, 1.54) is 12.1 Å². The molecule has 2 aromatic heterocycles. The number of aryl methyl sites for hydroxylation is 2. The van der Waals surface area contributed by atoms with Gasteiger partial charge in [0.2, 0.25) is 5.95 Å². The molecule has 2 N–H and O–H groups in total. The van der Waals surface area contributed by atoms with Crippen LogP contribution in [0.3, 0.4) is 0 Å². The summed E-state index contributed by atoms with van der Waals surface area (Å²) in [6, 6.07) is 16.6. The molecule has 3 heterocycles. The third-order valence-electron chi connectivity index (χ3n) is 6.53. The van der Waals surface area contributed by atoms with Crippen LogP contribution >= 0.6 is 0 Å². The lowest BCUT2D eigenvalue weighted by Gasteiger charge is -2.31. The minimum atomic E-state index is -0.260. The smallest absolute Gasteiger partial charge is 0.279 e. The average Bonchev–Trinajstić information content (AvgIpc) is 3.20. The molecule has 1 aliphatic rings. The largest absolute Gasteiger partial charge is 0.341 e. The van der Waals surface area contributed by atoms with E-state index in [1.807, 2.05) is 34.9 Å². The molecule has 7 nitrogen and oxygen atoms in total. The highest BCUT2D eigenvalue weighted by atomic mass is 19.1. The van der Waals surface area contributed by atoms with Gasteiger partial charge in [-0.3, -0.25) is 13.9 Å². The van der Waals surface area contributed by atoms with Crippen molar-refractivity contribution in [2.24, 2.45) is 12.8 Å². The van der Waals surface area contributed by atoms with E-state index in [0.29, 0.717) is 42.9 Å². The summed E-state index contributed by atoms with van der Waals surface area (Å²) in [5.74, 6) is 1.15. The maximum absolute atomic E-state index is 13.5. The van der Waals surface area contributed by atoms with Crippen molar-refractivity contribution in [2.45, 2.75) is 38.3 Å². The molecule has 1 aliphatic heterocycles. The summed E-state index contributed by atoms with van der Waals surface area (Å²) >= 11 is 0. The first-order valence-corrected chi connectivity index (χ1v) is 11.7. The average molecular weight is 461 g/mol. The van der Waals surface area contributed by atoms with E-state index < -0.39 is 0 Å². The van der Waals surface area contributed by atoms with Crippen LogP contribution in [0.25, 0.3) is 11.2 Å². The molecule has 0 spiro atoms. The number of hydrogen-bond donors (Lipinski definition) is 1. The molecule has 176 valence electrons. The molecule has 8 heteroatoms. The Morgan fingerprint density at radius 1 is 1.03 bits per heavy atom. The summed E-state index contributed by atoms with van der Waals surface area (Å²) in [4.78, 5) is 25.4. The van der Waals surface area contributed by atoms with E-state index in [4.69, 9.17) is 15.7 Å². The van der Waals surface area contributed by atoms with Gasteiger partial charge in [0, 0.05) is 32.6 Å². The van der Waals surface area contributed by atoms with Crippen molar-refractivity contribution >= 4 is 17.1 Å². The number of nitrogens with two attached hydrogens (primary N) is 1. The summed E-state index contributed by atoms with van der Waals surface area (Å²) in [7, 11) is 1.76. The zero-order valence-electron chi connectivity index (χ0n) is 19.3. The monoisotopic (exact) mass is 460 g/mol. The van der Waals surface area contributed by atoms with Gasteiger partial charge in [0.05, 0.1) is 6.54 Å². The van der Waals surface area contributed by atoms with Crippen molar-refractivity contribution in [1.82, 2.24) is 19.1 Å². The Labute approximate surface area is 197 Å². The lowest BCUT2D eigenvalue weighted by molar-refractivity contribution is 0.495. The van der Waals surface area contributed by atoms with Gasteiger partial charge in [-0.15, -0.1) is 0 Å². The van der Waals surface area contributed by atoms with E-state index >= 15 is 0 Å². The molecule has 0 bridgehead atoms. The Hall–Kier alpha value is -3.52. The van der Waals surface area contributed by atoms with Crippen LogP contribution in [-0.4, -0.2) is 38.2 Å². The highest BCUT2D eigenvalue weighted by Gasteiger charge is 2.25. The van der Waals surface area contributed by atoms with Crippen LogP contribution in [-0.2, 0) is 26.4 Å². The number of halogens is 1. The van der Waals surface area contributed by atoms with Crippen molar-refractivity contribution in [3.05, 3.63) is 87.7 Å². The first kappa shape index (κ1) is 22.3. The first-order chi connectivity index (χ1) is 16.5. The number of benzene rings is 2. The quantitative estimate of drug-likeness (QED) is 0.478. The predicted molar refractivity (Wildman–Crippen MR) is 132 cm³/mol.